The first-order valence-electron chi connectivity index (χ1n) is 10.4. The van der Waals surface area contributed by atoms with Gasteiger partial charge in [0.05, 0.1) is 11.3 Å². The van der Waals surface area contributed by atoms with Gasteiger partial charge in [-0.15, -0.1) is 0 Å². The zero-order valence-corrected chi connectivity index (χ0v) is 17.3. The maximum atomic E-state index is 12.7. The molecule has 2 atom stereocenters. The molecule has 0 spiro atoms. The number of piperidine rings is 1. The Bertz CT molecular complexity index is 886. The molecule has 0 radical (unpaired) electrons. The van der Waals surface area contributed by atoms with Crippen LogP contribution in [0.5, 0.6) is 0 Å². The highest BCUT2D eigenvalue weighted by molar-refractivity contribution is 7.89. The standard InChI is InChI=1S/C21H29N3O3S/c1-16-6-5-7-18(14-16)21-22-20(27-23-21)15-17-8-10-19(11-9-17)28(25,26)24-12-3-2-4-13-24/h8-11,16,18H,2-7,12-15H2,1H3. The van der Waals surface area contributed by atoms with E-state index in [9.17, 15) is 8.42 Å². The molecule has 2 aromatic rings. The Kier molecular flexibility index (Phi) is 5.83. The molecule has 0 bridgehead atoms. The van der Waals surface area contributed by atoms with Crippen LogP contribution in [0, 0.1) is 5.92 Å². The number of hydrogen-bond acceptors (Lipinski definition) is 5. The van der Waals surface area contributed by atoms with E-state index in [1.165, 1.54) is 12.8 Å². The molecule has 2 aliphatic rings. The molecule has 0 N–H and O–H groups in total. The van der Waals surface area contributed by atoms with Crippen LogP contribution in [0.2, 0.25) is 0 Å². The molecule has 7 heteroatoms. The van der Waals surface area contributed by atoms with Crippen LogP contribution in [0.4, 0.5) is 0 Å². The van der Waals surface area contributed by atoms with Crippen LogP contribution < -0.4 is 0 Å². The fourth-order valence-corrected chi connectivity index (χ4v) is 5.90. The van der Waals surface area contributed by atoms with Crippen molar-refractivity contribution in [1.29, 1.82) is 0 Å². The lowest BCUT2D eigenvalue weighted by molar-refractivity contribution is 0.320. The molecule has 2 heterocycles. The van der Waals surface area contributed by atoms with Gasteiger partial charge in [0.1, 0.15) is 0 Å². The van der Waals surface area contributed by atoms with Gasteiger partial charge in [-0.3, -0.25) is 0 Å². The summed E-state index contributed by atoms with van der Waals surface area (Å²) in [7, 11) is -3.39. The maximum Gasteiger partial charge on any atom is 0.243 e. The summed E-state index contributed by atoms with van der Waals surface area (Å²) in [6.45, 7) is 3.52. The van der Waals surface area contributed by atoms with Crippen LogP contribution in [0.1, 0.15) is 75.1 Å². The van der Waals surface area contributed by atoms with E-state index in [1.54, 1.807) is 16.4 Å². The molecule has 28 heavy (non-hydrogen) atoms. The molecule has 2 unspecified atom stereocenters. The molecule has 1 saturated heterocycles. The van der Waals surface area contributed by atoms with E-state index in [0.29, 0.717) is 36.2 Å². The lowest BCUT2D eigenvalue weighted by Gasteiger charge is -2.25. The van der Waals surface area contributed by atoms with Crippen molar-refractivity contribution in [3.8, 4) is 0 Å². The molecule has 6 nitrogen and oxygen atoms in total. The first kappa shape index (κ1) is 19.6. The van der Waals surface area contributed by atoms with Gasteiger partial charge in [-0.1, -0.05) is 43.5 Å². The molecule has 152 valence electrons. The topological polar surface area (TPSA) is 76.3 Å². The van der Waals surface area contributed by atoms with Crippen molar-refractivity contribution in [3.63, 3.8) is 0 Å². The molecule has 0 amide bonds. The molecule has 1 aromatic carbocycles. The Morgan fingerprint density at radius 3 is 2.54 bits per heavy atom. The SMILES string of the molecule is CC1CCCC(c2noc(Cc3ccc(S(=O)(=O)N4CCCCC4)cc3)n2)C1. The Morgan fingerprint density at radius 2 is 1.82 bits per heavy atom. The number of hydrogen-bond donors (Lipinski definition) is 0. The molecule has 2 fully saturated rings. The number of aromatic nitrogens is 2. The minimum absolute atomic E-state index is 0.362. The minimum Gasteiger partial charge on any atom is -0.339 e. The molecule has 1 aliphatic carbocycles. The highest BCUT2D eigenvalue weighted by atomic mass is 32.2. The fraction of sp³-hybridized carbons (Fsp3) is 0.619. The Balaban J connectivity index is 1.42. The highest BCUT2D eigenvalue weighted by Gasteiger charge is 2.26. The van der Waals surface area contributed by atoms with Crippen molar-refractivity contribution in [1.82, 2.24) is 14.4 Å². The smallest absolute Gasteiger partial charge is 0.243 e. The van der Waals surface area contributed by atoms with Crippen LogP contribution in [0.25, 0.3) is 0 Å². The van der Waals surface area contributed by atoms with E-state index in [1.807, 2.05) is 12.1 Å². The minimum atomic E-state index is -3.39. The predicted molar refractivity (Wildman–Crippen MR) is 107 cm³/mol. The molecular weight excluding hydrogens is 374 g/mol. The number of benzene rings is 1. The van der Waals surface area contributed by atoms with Gasteiger partial charge in [-0.25, -0.2) is 8.42 Å². The van der Waals surface area contributed by atoms with Gasteiger partial charge in [-0.2, -0.15) is 9.29 Å². The molecular formula is C21H29N3O3S. The Morgan fingerprint density at radius 1 is 1.07 bits per heavy atom. The average Bonchev–Trinajstić information content (AvgIpc) is 3.18. The second-order valence-corrected chi connectivity index (χ2v) is 10.2. The van der Waals surface area contributed by atoms with Crippen LogP contribution in [0.3, 0.4) is 0 Å². The third-order valence-corrected chi connectivity index (χ3v) is 7.93. The average molecular weight is 404 g/mol. The van der Waals surface area contributed by atoms with Crippen molar-refractivity contribution in [3.05, 3.63) is 41.5 Å². The fourth-order valence-electron chi connectivity index (χ4n) is 4.38. The van der Waals surface area contributed by atoms with Crippen molar-refractivity contribution in [2.24, 2.45) is 5.92 Å². The summed E-state index contributed by atoms with van der Waals surface area (Å²) in [6, 6.07) is 7.09. The van der Waals surface area contributed by atoms with Gasteiger partial charge in [0.2, 0.25) is 15.9 Å². The van der Waals surface area contributed by atoms with Gasteiger partial charge < -0.3 is 4.52 Å². The van der Waals surface area contributed by atoms with Crippen molar-refractivity contribution >= 4 is 10.0 Å². The third kappa shape index (κ3) is 4.30. The van der Waals surface area contributed by atoms with Crippen LogP contribution >= 0.6 is 0 Å². The number of rotatable bonds is 5. The number of nitrogens with zero attached hydrogens (tertiary/aromatic N) is 3. The van der Waals surface area contributed by atoms with E-state index in [2.05, 4.69) is 17.1 Å². The van der Waals surface area contributed by atoms with Crippen LogP contribution in [-0.2, 0) is 16.4 Å². The van der Waals surface area contributed by atoms with Gasteiger partial charge in [0, 0.05) is 19.0 Å². The highest BCUT2D eigenvalue weighted by Crippen LogP contribution is 2.34. The molecule has 1 aromatic heterocycles. The predicted octanol–water partition coefficient (Wildman–Crippen LogP) is 4.13. The van der Waals surface area contributed by atoms with Gasteiger partial charge >= 0.3 is 0 Å². The lowest BCUT2D eigenvalue weighted by Crippen LogP contribution is -2.35. The monoisotopic (exact) mass is 403 g/mol. The first-order valence-corrected chi connectivity index (χ1v) is 11.9. The van der Waals surface area contributed by atoms with E-state index in [0.717, 1.165) is 49.4 Å². The second kappa shape index (κ2) is 8.33. The molecule has 4 rings (SSSR count). The van der Waals surface area contributed by atoms with Crippen molar-refractivity contribution < 1.29 is 12.9 Å². The summed E-state index contributed by atoms with van der Waals surface area (Å²) in [5, 5.41) is 4.20. The molecule has 1 saturated carbocycles. The summed E-state index contributed by atoms with van der Waals surface area (Å²) < 4.78 is 32.6. The van der Waals surface area contributed by atoms with Crippen LogP contribution in [0.15, 0.2) is 33.7 Å². The summed E-state index contributed by atoms with van der Waals surface area (Å²) in [6.07, 6.45) is 8.29. The van der Waals surface area contributed by atoms with Gasteiger partial charge in [0.15, 0.2) is 5.82 Å². The zero-order valence-electron chi connectivity index (χ0n) is 16.5. The quantitative estimate of drug-likeness (QED) is 0.750. The zero-order chi connectivity index (χ0) is 19.6. The first-order chi connectivity index (χ1) is 13.5. The summed E-state index contributed by atoms with van der Waals surface area (Å²) in [4.78, 5) is 4.97. The summed E-state index contributed by atoms with van der Waals surface area (Å²) in [5.74, 6) is 2.54. The maximum absolute atomic E-state index is 12.7. The Hall–Kier alpha value is -1.73. The molecule has 1 aliphatic heterocycles. The van der Waals surface area contributed by atoms with E-state index >= 15 is 0 Å². The normalized spacial score (nSPS) is 24.3. The van der Waals surface area contributed by atoms with Gasteiger partial charge in [-0.05, 0) is 49.3 Å². The number of sulfonamides is 1. The van der Waals surface area contributed by atoms with Gasteiger partial charge in [0.25, 0.3) is 0 Å². The lowest BCUT2D eigenvalue weighted by atomic mass is 9.82. The summed E-state index contributed by atoms with van der Waals surface area (Å²) in [5.41, 5.74) is 0.977. The largest absolute Gasteiger partial charge is 0.339 e. The van der Waals surface area contributed by atoms with E-state index in [4.69, 9.17) is 4.52 Å². The van der Waals surface area contributed by atoms with Crippen molar-refractivity contribution in [2.75, 3.05) is 13.1 Å². The Labute approximate surface area is 167 Å². The second-order valence-electron chi connectivity index (χ2n) is 8.30. The van der Waals surface area contributed by atoms with E-state index in [-0.39, 0.29) is 0 Å². The van der Waals surface area contributed by atoms with Crippen molar-refractivity contribution in [2.45, 2.75) is 69.1 Å². The summed E-state index contributed by atoms with van der Waals surface area (Å²) >= 11 is 0. The third-order valence-electron chi connectivity index (χ3n) is 6.02. The van der Waals surface area contributed by atoms with Crippen LogP contribution in [-0.4, -0.2) is 36.0 Å². The van der Waals surface area contributed by atoms with E-state index < -0.39 is 10.0 Å².